The van der Waals surface area contributed by atoms with Crippen LogP contribution in [-0.4, -0.2) is 20.4 Å². The first kappa shape index (κ1) is 14.0. The fourth-order valence-corrected chi connectivity index (χ4v) is 2.99. The van der Waals surface area contributed by atoms with Gasteiger partial charge in [-0.2, -0.15) is 0 Å². The Balaban J connectivity index is 1.81. The van der Waals surface area contributed by atoms with Gasteiger partial charge in [0.05, 0.1) is 5.69 Å². The van der Waals surface area contributed by atoms with Gasteiger partial charge in [0, 0.05) is 35.4 Å². The molecular formula is C17H13ClN4O. The number of hydrogen-bond donors (Lipinski definition) is 1. The number of pyridine rings is 1. The number of fused-ring (bicyclic) bond motifs is 1. The Kier molecular flexibility index (Phi) is 3.35. The molecule has 1 aromatic carbocycles. The second kappa shape index (κ2) is 5.52. The average Bonchev–Trinajstić information content (AvgIpc) is 2.99. The zero-order valence-corrected chi connectivity index (χ0v) is 12.9. The molecular weight excluding hydrogens is 312 g/mol. The minimum atomic E-state index is -0.0824. The number of carbonyl (C=O) groups excluding carboxylic acids is 1. The lowest BCUT2D eigenvalue weighted by Gasteiger charge is -2.23. The van der Waals surface area contributed by atoms with Crippen LogP contribution in [0.5, 0.6) is 0 Å². The fraction of sp³-hybridized carbons (Fsp3) is 0.118. The molecule has 3 aromatic rings. The normalized spacial score (nSPS) is 16.7. The van der Waals surface area contributed by atoms with E-state index in [1.54, 1.807) is 18.7 Å². The predicted octanol–water partition coefficient (Wildman–Crippen LogP) is 3.39. The molecule has 0 spiro atoms. The smallest absolute Gasteiger partial charge is 0.226 e. The van der Waals surface area contributed by atoms with Crippen LogP contribution in [0.15, 0.2) is 55.1 Å². The summed E-state index contributed by atoms with van der Waals surface area (Å²) in [6, 6.07) is 11.3. The first-order valence-corrected chi connectivity index (χ1v) is 7.63. The van der Waals surface area contributed by atoms with Gasteiger partial charge in [0.15, 0.2) is 0 Å². The molecule has 0 aliphatic carbocycles. The van der Waals surface area contributed by atoms with Crippen LogP contribution in [0.25, 0.3) is 5.69 Å². The highest BCUT2D eigenvalue weighted by Gasteiger charge is 2.30. The fourth-order valence-electron chi connectivity index (χ4n) is 2.86. The molecule has 1 aliphatic heterocycles. The lowest BCUT2D eigenvalue weighted by Crippen LogP contribution is -2.24. The van der Waals surface area contributed by atoms with Crippen LogP contribution < -0.4 is 5.32 Å². The van der Waals surface area contributed by atoms with E-state index in [9.17, 15) is 4.79 Å². The molecule has 2 aromatic heterocycles. The summed E-state index contributed by atoms with van der Waals surface area (Å²) in [7, 11) is 0. The second-order valence-electron chi connectivity index (χ2n) is 5.42. The maximum Gasteiger partial charge on any atom is 0.226 e. The number of hydrogen-bond acceptors (Lipinski definition) is 3. The van der Waals surface area contributed by atoms with Gasteiger partial charge in [0.25, 0.3) is 0 Å². The molecule has 0 saturated heterocycles. The number of anilines is 1. The number of benzene rings is 1. The standard InChI is InChI=1S/C17H13ClN4O/c18-12-3-5-13(6-4-12)22-10-20-16-14(8-15(23)21-17(16)22)11-2-1-7-19-9-11/h1-7,9-10,14H,8H2,(H,21,23). The Morgan fingerprint density at radius 3 is 2.78 bits per heavy atom. The second-order valence-corrected chi connectivity index (χ2v) is 5.85. The molecule has 23 heavy (non-hydrogen) atoms. The Bertz CT molecular complexity index is 858. The van der Waals surface area contributed by atoms with E-state index >= 15 is 0 Å². The average molecular weight is 325 g/mol. The predicted molar refractivity (Wildman–Crippen MR) is 87.9 cm³/mol. The number of halogens is 1. The molecule has 0 fully saturated rings. The summed E-state index contributed by atoms with van der Waals surface area (Å²) in [6.07, 6.45) is 5.60. The maximum atomic E-state index is 12.2. The third-order valence-corrected chi connectivity index (χ3v) is 4.22. The van der Waals surface area contributed by atoms with Crippen molar-refractivity contribution in [1.29, 1.82) is 0 Å². The molecule has 1 aliphatic rings. The zero-order chi connectivity index (χ0) is 15.8. The van der Waals surface area contributed by atoms with E-state index in [0.717, 1.165) is 16.9 Å². The van der Waals surface area contributed by atoms with E-state index in [0.29, 0.717) is 17.3 Å². The van der Waals surface area contributed by atoms with Crippen LogP contribution in [0.1, 0.15) is 23.6 Å². The molecule has 0 saturated carbocycles. The van der Waals surface area contributed by atoms with Gasteiger partial charge in [-0.15, -0.1) is 0 Å². The molecule has 3 heterocycles. The maximum absolute atomic E-state index is 12.2. The molecule has 1 atom stereocenters. The summed E-state index contributed by atoms with van der Waals surface area (Å²) in [5.41, 5.74) is 2.74. The van der Waals surface area contributed by atoms with Gasteiger partial charge >= 0.3 is 0 Å². The van der Waals surface area contributed by atoms with Gasteiger partial charge in [-0.25, -0.2) is 4.98 Å². The van der Waals surface area contributed by atoms with Crippen molar-refractivity contribution in [3.63, 3.8) is 0 Å². The lowest BCUT2D eigenvalue weighted by atomic mass is 9.91. The van der Waals surface area contributed by atoms with Crippen molar-refractivity contribution in [2.75, 3.05) is 5.32 Å². The van der Waals surface area contributed by atoms with Crippen LogP contribution in [0, 0.1) is 0 Å². The third-order valence-electron chi connectivity index (χ3n) is 3.96. The third kappa shape index (κ3) is 2.49. The van der Waals surface area contributed by atoms with Gasteiger partial charge in [-0.1, -0.05) is 17.7 Å². The summed E-state index contributed by atoms with van der Waals surface area (Å²) in [5.74, 6) is 0.598. The summed E-state index contributed by atoms with van der Waals surface area (Å²) in [6.45, 7) is 0. The van der Waals surface area contributed by atoms with E-state index in [2.05, 4.69) is 15.3 Å². The highest BCUT2D eigenvalue weighted by atomic mass is 35.5. The molecule has 6 heteroatoms. The quantitative estimate of drug-likeness (QED) is 0.786. The van der Waals surface area contributed by atoms with Crippen LogP contribution >= 0.6 is 11.6 Å². The van der Waals surface area contributed by atoms with Gasteiger partial charge in [-0.3, -0.25) is 14.3 Å². The molecule has 114 valence electrons. The Labute approximate surface area is 138 Å². The zero-order valence-electron chi connectivity index (χ0n) is 12.1. The number of amides is 1. The van der Waals surface area contributed by atoms with Crippen LogP contribution in [0.4, 0.5) is 5.82 Å². The highest BCUT2D eigenvalue weighted by molar-refractivity contribution is 6.30. The Hall–Kier alpha value is -2.66. The number of imidazole rings is 1. The van der Waals surface area contributed by atoms with Gasteiger partial charge < -0.3 is 5.32 Å². The molecule has 5 nitrogen and oxygen atoms in total. The van der Waals surface area contributed by atoms with E-state index in [1.807, 2.05) is 41.0 Å². The summed E-state index contributed by atoms with van der Waals surface area (Å²) in [5, 5.41) is 3.60. The van der Waals surface area contributed by atoms with Crippen LogP contribution in [-0.2, 0) is 4.79 Å². The number of nitrogens with one attached hydrogen (secondary N) is 1. The van der Waals surface area contributed by atoms with E-state index in [-0.39, 0.29) is 11.8 Å². The number of nitrogens with zero attached hydrogens (tertiary/aromatic N) is 3. The van der Waals surface area contributed by atoms with E-state index in [4.69, 9.17) is 11.6 Å². The molecule has 1 N–H and O–H groups in total. The SMILES string of the molecule is O=C1CC(c2cccnc2)c2ncn(-c3ccc(Cl)cc3)c2N1. The highest BCUT2D eigenvalue weighted by Crippen LogP contribution is 2.36. The van der Waals surface area contributed by atoms with Gasteiger partial charge in [0.2, 0.25) is 5.91 Å². The van der Waals surface area contributed by atoms with Crippen LogP contribution in [0.2, 0.25) is 5.02 Å². The molecule has 1 amide bonds. The molecule has 0 bridgehead atoms. The van der Waals surface area contributed by atoms with Crippen molar-refractivity contribution in [2.45, 2.75) is 12.3 Å². The van der Waals surface area contributed by atoms with Crippen molar-refractivity contribution in [2.24, 2.45) is 0 Å². The van der Waals surface area contributed by atoms with E-state index < -0.39 is 0 Å². The monoisotopic (exact) mass is 324 g/mol. The van der Waals surface area contributed by atoms with Crippen molar-refractivity contribution in [1.82, 2.24) is 14.5 Å². The topological polar surface area (TPSA) is 59.8 Å². The largest absolute Gasteiger partial charge is 0.310 e. The summed E-state index contributed by atoms with van der Waals surface area (Å²) < 4.78 is 1.87. The van der Waals surface area contributed by atoms with E-state index in [1.165, 1.54) is 0 Å². The van der Waals surface area contributed by atoms with Crippen molar-refractivity contribution in [3.8, 4) is 5.69 Å². The van der Waals surface area contributed by atoms with Crippen LogP contribution in [0.3, 0.4) is 0 Å². The van der Waals surface area contributed by atoms with Crippen molar-refractivity contribution < 1.29 is 4.79 Å². The Morgan fingerprint density at radius 1 is 1.22 bits per heavy atom. The number of aromatic nitrogens is 3. The minimum absolute atomic E-state index is 0.0259. The van der Waals surface area contributed by atoms with Crippen molar-refractivity contribution in [3.05, 3.63) is 71.4 Å². The Morgan fingerprint density at radius 2 is 2.04 bits per heavy atom. The number of carbonyl (C=O) groups is 1. The van der Waals surface area contributed by atoms with Gasteiger partial charge in [0.1, 0.15) is 12.1 Å². The number of rotatable bonds is 2. The van der Waals surface area contributed by atoms with Gasteiger partial charge in [-0.05, 0) is 35.9 Å². The first-order valence-electron chi connectivity index (χ1n) is 7.25. The first-order chi connectivity index (χ1) is 11.2. The molecule has 4 rings (SSSR count). The molecule has 0 radical (unpaired) electrons. The minimum Gasteiger partial charge on any atom is -0.310 e. The van der Waals surface area contributed by atoms with Crippen molar-refractivity contribution >= 4 is 23.3 Å². The molecule has 1 unspecified atom stereocenters. The summed E-state index contributed by atoms with van der Waals surface area (Å²) >= 11 is 5.94. The summed E-state index contributed by atoms with van der Waals surface area (Å²) in [4.78, 5) is 20.8. The lowest BCUT2D eigenvalue weighted by molar-refractivity contribution is -0.116.